The minimum Gasteiger partial charge on any atom is -0.472 e. The topological polar surface area (TPSA) is 45.4 Å². The van der Waals surface area contributed by atoms with Gasteiger partial charge in [0, 0.05) is 17.6 Å². The van der Waals surface area contributed by atoms with Crippen LogP contribution in [0.2, 0.25) is 0 Å². The molecule has 0 saturated heterocycles. The lowest BCUT2D eigenvalue weighted by atomic mass is 9.98. The number of hydrogen-bond acceptors (Lipinski definition) is 3. The number of hydrogen-bond donors (Lipinski definition) is 2. The largest absolute Gasteiger partial charge is 0.472 e. The van der Waals surface area contributed by atoms with Crippen LogP contribution in [0.1, 0.15) is 38.8 Å². The van der Waals surface area contributed by atoms with E-state index in [0.717, 1.165) is 12.0 Å². The number of aliphatic hydroxyl groups excluding tert-OH is 1. The smallest absolute Gasteiger partial charge is 0.0950 e. The SMILES string of the molecule is CCC(C)C(CO)NC(C)c1ccoc1. The Morgan fingerprint density at radius 2 is 2.20 bits per heavy atom. The van der Waals surface area contributed by atoms with Gasteiger partial charge in [-0.1, -0.05) is 20.3 Å². The third-order valence-electron chi connectivity index (χ3n) is 3.03. The molecule has 3 unspecified atom stereocenters. The fourth-order valence-corrected chi connectivity index (χ4v) is 1.62. The molecular formula is C12H21NO2. The van der Waals surface area contributed by atoms with Crippen LogP contribution in [0, 0.1) is 5.92 Å². The molecule has 0 aromatic carbocycles. The molecule has 3 atom stereocenters. The highest BCUT2D eigenvalue weighted by atomic mass is 16.3. The van der Waals surface area contributed by atoms with Gasteiger partial charge in [-0.15, -0.1) is 0 Å². The maximum Gasteiger partial charge on any atom is 0.0950 e. The fraction of sp³-hybridized carbons (Fsp3) is 0.667. The lowest BCUT2D eigenvalue weighted by Crippen LogP contribution is -2.39. The molecule has 0 radical (unpaired) electrons. The van der Waals surface area contributed by atoms with E-state index < -0.39 is 0 Å². The zero-order valence-electron chi connectivity index (χ0n) is 9.73. The van der Waals surface area contributed by atoms with E-state index in [1.807, 2.05) is 6.07 Å². The zero-order chi connectivity index (χ0) is 11.3. The van der Waals surface area contributed by atoms with Crippen molar-refractivity contribution in [3.05, 3.63) is 24.2 Å². The van der Waals surface area contributed by atoms with E-state index in [0.29, 0.717) is 5.92 Å². The lowest BCUT2D eigenvalue weighted by Gasteiger charge is -2.25. The van der Waals surface area contributed by atoms with Crippen LogP contribution in [0.15, 0.2) is 23.0 Å². The number of furan rings is 1. The van der Waals surface area contributed by atoms with Crippen LogP contribution in [0.5, 0.6) is 0 Å². The zero-order valence-corrected chi connectivity index (χ0v) is 9.73. The van der Waals surface area contributed by atoms with Gasteiger partial charge in [0.2, 0.25) is 0 Å². The summed E-state index contributed by atoms with van der Waals surface area (Å²) in [7, 11) is 0. The number of aliphatic hydroxyl groups is 1. The van der Waals surface area contributed by atoms with Crippen LogP contribution in [0.3, 0.4) is 0 Å². The summed E-state index contributed by atoms with van der Waals surface area (Å²) in [4.78, 5) is 0. The average molecular weight is 211 g/mol. The third-order valence-corrected chi connectivity index (χ3v) is 3.03. The van der Waals surface area contributed by atoms with Gasteiger partial charge in [-0.05, 0) is 18.9 Å². The molecule has 0 amide bonds. The first-order valence-electron chi connectivity index (χ1n) is 5.58. The van der Waals surface area contributed by atoms with E-state index in [4.69, 9.17) is 4.42 Å². The summed E-state index contributed by atoms with van der Waals surface area (Å²) in [5.41, 5.74) is 1.12. The van der Waals surface area contributed by atoms with E-state index in [9.17, 15) is 5.11 Å². The first-order chi connectivity index (χ1) is 7.19. The molecule has 0 aliphatic carbocycles. The Morgan fingerprint density at radius 1 is 1.47 bits per heavy atom. The maximum atomic E-state index is 9.29. The van der Waals surface area contributed by atoms with Crippen molar-refractivity contribution in [1.29, 1.82) is 0 Å². The third kappa shape index (κ3) is 3.36. The molecule has 0 aliphatic heterocycles. The average Bonchev–Trinajstić information content (AvgIpc) is 2.77. The van der Waals surface area contributed by atoms with Gasteiger partial charge >= 0.3 is 0 Å². The first kappa shape index (κ1) is 12.3. The van der Waals surface area contributed by atoms with E-state index >= 15 is 0 Å². The molecular weight excluding hydrogens is 190 g/mol. The molecule has 2 N–H and O–H groups in total. The molecule has 0 saturated carbocycles. The van der Waals surface area contributed by atoms with Gasteiger partial charge in [-0.2, -0.15) is 0 Å². The van der Waals surface area contributed by atoms with Crippen LogP contribution in [-0.2, 0) is 0 Å². The molecule has 1 heterocycles. The first-order valence-corrected chi connectivity index (χ1v) is 5.58. The van der Waals surface area contributed by atoms with Crippen LogP contribution in [0.4, 0.5) is 0 Å². The van der Waals surface area contributed by atoms with Crippen LogP contribution >= 0.6 is 0 Å². The predicted octanol–water partition coefficient (Wildman–Crippen LogP) is 2.34. The van der Waals surface area contributed by atoms with Crippen molar-refractivity contribution in [3.63, 3.8) is 0 Å². The van der Waals surface area contributed by atoms with Crippen molar-refractivity contribution >= 4 is 0 Å². The Labute approximate surface area is 91.5 Å². The number of nitrogens with one attached hydrogen (secondary N) is 1. The summed E-state index contributed by atoms with van der Waals surface area (Å²) in [6, 6.07) is 2.32. The van der Waals surface area contributed by atoms with Gasteiger partial charge in [0.05, 0.1) is 19.1 Å². The molecule has 86 valence electrons. The molecule has 15 heavy (non-hydrogen) atoms. The molecule has 3 heteroatoms. The molecule has 0 spiro atoms. The van der Waals surface area contributed by atoms with Crippen molar-refractivity contribution in [1.82, 2.24) is 5.32 Å². The minimum absolute atomic E-state index is 0.153. The molecule has 0 fully saturated rings. The van der Waals surface area contributed by atoms with Crippen molar-refractivity contribution in [3.8, 4) is 0 Å². The highest BCUT2D eigenvalue weighted by molar-refractivity contribution is 5.10. The highest BCUT2D eigenvalue weighted by Gasteiger charge is 2.17. The van der Waals surface area contributed by atoms with Gasteiger partial charge < -0.3 is 14.8 Å². The van der Waals surface area contributed by atoms with Gasteiger partial charge in [-0.25, -0.2) is 0 Å². The van der Waals surface area contributed by atoms with Crippen molar-refractivity contribution in [2.24, 2.45) is 5.92 Å². The lowest BCUT2D eigenvalue weighted by molar-refractivity contribution is 0.192. The summed E-state index contributed by atoms with van der Waals surface area (Å²) in [5, 5.41) is 12.7. The highest BCUT2D eigenvalue weighted by Crippen LogP contribution is 2.16. The number of rotatable bonds is 6. The van der Waals surface area contributed by atoms with E-state index in [-0.39, 0.29) is 18.7 Å². The normalized spacial score (nSPS) is 17.3. The van der Waals surface area contributed by atoms with Gasteiger partial charge in [0.25, 0.3) is 0 Å². The second-order valence-electron chi connectivity index (χ2n) is 4.12. The minimum atomic E-state index is 0.153. The standard InChI is InChI=1S/C12H21NO2/c1-4-9(2)12(7-14)13-10(3)11-5-6-15-8-11/h5-6,8-10,12-14H,4,7H2,1-3H3. The van der Waals surface area contributed by atoms with E-state index in [2.05, 4.69) is 26.1 Å². The molecule has 0 bridgehead atoms. The van der Waals surface area contributed by atoms with E-state index in [1.54, 1.807) is 12.5 Å². The van der Waals surface area contributed by atoms with Crippen LogP contribution < -0.4 is 5.32 Å². The Morgan fingerprint density at radius 3 is 2.67 bits per heavy atom. The van der Waals surface area contributed by atoms with Crippen molar-refractivity contribution in [2.45, 2.75) is 39.3 Å². The van der Waals surface area contributed by atoms with E-state index in [1.165, 1.54) is 0 Å². The van der Waals surface area contributed by atoms with Crippen molar-refractivity contribution < 1.29 is 9.52 Å². The van der Waals surface area contributed by atoms with Crippen LogP contribution in [-0.4, -0.2) is 17.8 Å². The predicted molar refractivity (Wildman–Crippen MR) is 60.6 cm³/mol. The quantitative estimate of drug-likeness (QED) is 0.759. The Hall–Kier alpha value is -0.800. The summed E-state index contributed by atoms with van der Waals surface area (Å²) in [6.45, 7) is 6.54. The molecule has 1 aromatic rings. The van der Waals surface area contributed by atoms with Crippen molar-refractivity contribution in [2.75, 3.05) is 6.61 Å². The fourth-order valence-electron chi connectivity index (χ4n) is 1.62. The molecule has 0 aliphatic rings. The Kier molecular flexibility index (Phi) is 4.85. The summed E-state index contributed by atoms with van der Waals surface area (Å²) >= 11 is 0. The summed E-state index contributed by atoms with van der Waals surface area (Å²) in [6.07, 6.45) is 4.48. The summed E-state index contributed by atoms with van der Waals surface area (Å²) < 4.78 is 5.04. The Balaban J connectivity index is 2.52. The van der Waals surface area contributed by atoms with Gasteiger partial charge in [0.1, 0.15) is 0 Å². The summed E-state index contributed by atoms with van der Waals surface area (Å²) in [5.74, 6) is 0.476. The van der Waals surface area contributed by atoms with Crippen LogP contribution in [0.25, 0.3) is 0 Å². The van der Waals surface area contributed by atoms with Gasteiger partial charge in [0.15, 0.2) is 0 Å². The van der Waals surface area contributed by atoms with Gasteiger partial charge in [-0.3, -0.25) is 0 Å². The maximum absolute atomic E-state index is 9.29. The molecule has 1 aromatic heterocycles. The monoisotopic (exact) mass is 211 g/mol. The second kappa shape index (κ2) is 5.93. The second-order valence-corrected chi connectivity index (χ2v) is 4.12. The molecule has 1 rings (SSSR count). The Bertz CT molecular complexity index is 259. The molecule has 3 nitrogen and oxygen atoms in total.